The van der Waals surface area contributed by atoms with Gasteiger partial charge in [0.2, 0.25) is 0 Å². The van der Waals surface area contributed by atoms with Crippen molar-refractivity contribution in [3.8, 4) is 11.8 Å². The number of benzene rings is 1. The molecule has 5 heteroatoms. The van der Waals surface area contributed by atoms with Crippen molar-refractivity contribution >= 4 is 11.3 Å². The van der Waals surface area contributed by atoms with Gasteiger partial charge in [-0.05, 0) is 18.6 Å². The van der Waals surface area contributed by atoms with Crippen LogP contribution < -0.4 is 4.74 Å². The van der Waals surface area contributed by atoms with E-state index in [1.165, 1.54) is 11.3 Å². The van der Waals surface area contributed by atoms with Crippen LogP contribution >= 0.6 is 11.3 Å². The second-order valence-corrected chi connectivity index (χ2v) is 5.96. The monoisotopic (exact) mass is 286 g/mol. The fraction of sp³-hybridized carbons (Fsp3) is 0.333. The van der Waals surface area contributed by atoms with Gasteiger partial charge in [0.25, 0.3) is 0 Å². The molecule has 0 fully saturated rings. The van der Waals surface area contributed by atoms with E-state index in [-0.39, 0.29) is 6.61 Å². The van der Waals surface area contributed by atoms with Gasteiger partial charge in [0, 0.05) is 17.5 Å². The largest absolute Gasteiger partial charge is 0.492 e. The molecule has 1 aromatic heterocycles. The highest BCUT2D eigenvalue weighted by atomic mass is 32.1. The van der Waals surface area contributed by atoms with E-state index in [1.807, 2.05) is 36.6 Å². The molecule has 4 nitrogen and oxygen atoms in total. The number of aliphatic hydroxyl groups excluding tert-OH is 1. The number of aliphatic hydroxyl groups is 1. The number of ether oxygens (including phenoxy) is 1. The predicted octanol–water partition coefficient (Wildman–Crippen LogP) is 2.63. The van der Waals surface area contributed by atoms with Crippen LogP contribution in [0.1, 0.15) is 22.4 Å². The van der Waals surface area contributed by atoms with Crippen molar-refractivity contribution in [3.05, 3.63) is 45.9 Å². The van der Waals surface area contributed by atoms with Gasteiger partial charge in [0.1, 0.15) is 28.9 Å². The molecule has 0 radical (unpaired) electrons. The molecule has 2 atom stereocenters. The summed E-state index contributed by atoms with van der Waals surface area (Å²) in [6, 6.07) is 9.89. The maximum atomic E-state index is 10.6. The molecule has 2 unspecified atom stereocenters. The first kappa shape index (κ1) is 13.1. The van der Waals surface area contributed by atoms with Gasteiger partial charge in [0.05, 0.1) is 6.07 Å². The smallest absolute Gasteiger partial charge is 0.128 e. The third-order valence-electron chi connectivity index (χ3n) is 3.58. The Labute approximate surface area is 121 Å². The van der Waals surface area contributed by atoms with E-state index in [1.54, 1.807) is 0 Å². The van der Waals surface area contributed by atoms with E-state index in [4.69, 9.17) is 4.74 Å². The summed E-state index contributed by atoms with van der Waals surface area (Å²) in [6.45, 7) is 2.05. The van der Waals surface area contributed by atoms with Gasteiger partial charge >= 0.3 is 0 Å². The van der Waals surface area contributed by atoms with E-state index in [0.29, 0.717) is 11.4 Å². The molecule has 1 aromatic carbocycles. The summed E-state index contributed by atoms with van der Waals surface area (Å²) in [5, 5.41) is 22.6. The number of aromatic nitrogens is 1. The van der Waals surface area contributed by atoms with Crippen molar-refractivity contribution in [3.63, 3.8) is 0 Å². The Morgan fingerprint density at radius 1 is 1.50 bits per heavy atom. The lowest BCUT2D eigenvalue weighted by atomic mass is 9.77. The molecule has 2 aromatic rings. The number of nitriles is 1. The van der Waals surface area contributed by atoms with Crippen molar-refractivity contribution in [2.75, 3.05) is 6.61 Å². The third-order valence-corrected chi connectivity index (χ3v) is 4.60. The molecule has 1 N–H and O–H groups in total. The van der Waals surface area contributed by atoms with Gasteiger partial charge in [0.15, 0.2) is 0 Å². The molecule has 0 bridgehead atoms. The van der Waals surface area contributed by atoms with Crippen LogP contribution in [-0.4, -0.2) is 16.7 Å². The zero-order valence-corrected chi connectivity index (χ0v) is 11.9. The predicted molar refractivity (Wildman–Crippen MR) is 75.5 cm³/mol. The van der Waals surface area contributed by atoms with Crippen LogP contribution in [-0.2, 0) is 6.42 Å². The van der Waals surface area contributed by atoms with Crippen LogP contribution in [0.2, 0.25) is 0 Å². The maximum Gasteiger partial charge on any atom is 0.128 e. The minimum absolute atomic E-state index is 0.181. The Kier molecular flexibility index (Phi) is 3.20. The number of rotatable bonds is 2. The molecule has 0 spiro atoms. The lowest BCUT2D eigenvalue weighted by Gasteiger charge is -2.35. The highest BCUT2D eigenvalue weighted by molar-refractivity contribution is 7.09. The Hall–Kier alpha value is -1.90. The van der Waals surface area contributed by atoms with Crippen molar-refractivity contribution in [1.29, 1.82) is 5.26 Å². The van der Waals surface area contributed by atoms with Crippen molar-refractivity contribution in [2.24, 2.45) is 5.41 Å². The van der Waals surface area contributed by atoms with Gasteiger partial charge in [-0.3, -0.25) is 0 Å². The maximum absolute atomic E-state index is 10.6. The Morgan fingerprint density at radius 3 is 3.00 bits per heavy atom. The Bertz CT molecular complexity index is 677. The number of nitrogens with zero attached hydrogens (tertiary/aromatic N) is 2. The van der Waals surface area contributed by atoms with Crippen molar-refractivity contribution in [2.45, 2.75) is 19.4 Å². The molecule has 1 aliphatic heterocycles. The quantitative estimate of drug-likeness (QED) is 0.921. The molecular formula is C15H14N2O2S. The zero-order valence-electron chi connectivity index (χ0n) is 11.0. The van der Waals surface area contributed by atoms with Crippen molar-refractivity contribution < 1.29 is 9.84 Å². The first-order valence-electron chi connectivity index (χ1n) is 6.37. The lowest BCUT2D eigenvalue weighted by molar-refractivity contribution is 0.0170. The molecule has 0 saturated carbocycles. The van der Waals surface area contributed by atoms with Gasteiger partial charge in [-0.2, -0.15) is 5.26 Å². The van der Waals surface area contributed by atoms with Crippen LogP contribution in [0.5, 0.6) is 5.75 Å². The summed E-state index contributed by atoms with van der Waals surface area (Å²) in [5.74, 6) is 0.792. The van der Waals surface area contributed by atoms with E-state index in [0.717, 1.165) is 17.0 Å². The number of aryl methyl sites for hydroxylation is 1. The molecule has 102 valence electrons. The molecule has 0 saturated heterocycles. The zero-order chi connectivity index (χ0) is 14.2. The van der Waals surface area contributed by atoms with Crippen LogP contribution in [0.3, 0.4) is 0 Å². The standard InChI is InChI=1S/C15H14N2O2S/c1-10-7-20-14(17-10)13(18)15(8-16)6-11-4-2-3-5-12(11)19-9-15/h2-5,7,13,18H,6,9H2,1H3. The average Bonchev–Trinajstić information content (AvgIpc) is 2.92. The van der Waals surface area contributed by atoms with Gasteiger partial charge in [-0.25, -0.2) is 4.98 Å². The minimum atomic E-state index is -0.974. The normalized spacial score (nSPS) is 22.4. The fourth-order valence-electron chi connectivity index (χ4n) is 2.43. The number of para-hydroxylation sites is 1. The molecule has 0 aliphatic carbocycles. The van der Waals surface area contributed by atoms with E-state index in [9.17, 15) is 10.4 Å². The Balaban J connectivity index is 1.96. The number of fused-ring (bicyclic) bond motifs is 1. The van der Waals surface area contributed by atoms with Gasteiger partial charge < -0.3 is 9.84 Å². The first-order chi connectivity index (χ1) is 9.64. The minimum Gasteiger partial charge on any atom is -0.492 e. The van der Waals surface area contributed by atoms with Crippen LogP contribution in [0.4, 0.5) is 0 Å². The summed E-state index contributed by atoms with van der Waals surface area (Å²) in [6.07, 6.45) is -0.459. The molecule has 2 heterocycles. The number of hydrogen-bond acceptors (Lipinski definition) is 5. The molecule has 20 heavy (non-hydrogen) atoms. The van der Waals surface area contributed by atoms with Crippen molar-refractivity contribution in [1.82, 2.24) is 4.98 Å². The summed E-state index contributed by atoms with van der Waals surface area (Å²) >= 11 is 1.38. The number of thiazole rings is 1. The van der Waals surface area contributed by atoms with E-state index in [2.05, 4.69) is 11.1 Å². The molecule has 3 rings (SSSR count). The fourth-order valence-corrected chi connectivity index (χ4v) is 3.33. The first-order valence-corrected chi connectivity index (χ1v) is 7.25. The second-order valence-electron chi connectivity index (χ2n) is 5.07. The summed E-state index contributed by atoms with van der Waals surface area (Å²) in [4.78, 5) is 4.30. The summed E-state index contributed by atoms with van der Waals surface area (Å²) in [7, 11) is 0. The highest BCUT2D eigenvalue weighted by Crippen LogP contribution is 2.43. The van der Waals surface area contributed by atoms with E-state index >= 15 is 0 Å². The van der Waals surface area contributed by atoms with Gasteiger partial charge in [-0.15, -0.1) is 11.3 Å². The second kappa shape index (κ2) is 4.89. The lowest BCUT2D eigenvalue weighted by Crippen LogP contribution is -2.39. The summed E-state index contributed by atoms with van der Waals surface area (Å²) in [5.41, 5.74) is 0.834. The average molecular weight is 286 g/mol. The highest BCUT2D eigenvalue weighted by Gasteiger charge is 2.44. The van der Waals surface area contributed by atoms with E-state index < -0.39 is 11.5 Å². The number of hydrogen-bond donors (Lipinski definition) is 1. The third kappa shape index (κ3) is 2.07. The van der Waals surface area contributed by atoms with Crippen LogP contribution in [0, 0.1) is 23.7 Å². The van der Waals surface area contributed by atoms with Crippen LogP contribution in [0.25, 0.3) is 0 Å². The molecule has 1 aliphatic rings. The topological polar surface area (TPSA) is 66.1 Å². The SMILES string of the molecule is Cc1csc(C(O)C2(C#N)COc3ccccc3C2)n1. The molecular weight excluding hydrogens is 272 g/mol. The van der Waals surface area contributed by atoms with Crippen LogP contribution in [0.15, 0.2) is 29.6 Å². The summed E-state index contributed by atoms with van der Waals surface area (Å²) < 4.78 is 5.67. The van der Waals surface area contributed by atoms with Gasteiger partial charge in [-0.1, -0.05) is 18.2 Å². The Morgan fingerprint density at radius 2 is 2.30 bits per heavy atom. The molecule has 0 amide bonds.